The number of aryl methyl sites for hydroxylation is 2. The standard InChI is InChI=1S/C12H22N4O/c1-9-10(2)15-16(11(9)3)8-6-4-5-7-12(17)14-13/h4-8,13H2,1-3H3,(H,14,17). The molecule has 3 N–H and O–H groups in total. The van der Waals surface area contributed by atoms with E-state index >= 15 is 0 Å². The highest BCUT2D eigenvalue weighted by atomic mass is 16.2. The van der Waals surface area contributed by atoms with Gasteiger partial charge in [-0.15, -0.1) is 0 Å². The number of nitrogens with zero attached hydrogens (tertiary/aromatic N) is 2. The average Bonchev–Trinajstić information content (AvgIpc) is 2.56. The summed E-state index contributed by atoms with van der Waals surface area (Å²) >= 11 is 0. The quantitative estimate of drug-likeness (QED) is 0.340. The van der Waals surface area contributed by atoms with Crippen LogP contribution in [0.2, 0.25) is 0 Å². The van der Waals surface area contributed by atoms with Crippen molar-refractivity contribution in [3.8, 4) is 0 Å². The number of rotatable bonds is 6. The highest BCUT2D eigenvalue weighted by molar-refractivity contribution is 5.74. The van der Waals surface area contributed by atoms with E-state index in [1.807, 2.05) is 11.6 Å². The first-order valence-electron chi connectivity index (χ1n) is 6.06. The Morgan fingerprint density at radius 3 is 2.53 bits per heavy atom. The molecule has 0 fully saturated rings. The van der Waals surface area contributed by atoms with Crippen LogP contribution in [0.1, 0.15) is 42.6 Å². The summed E-state index contributed by atoms with van der Waals surface area (Å²) in [6.45, 7) is 7.14. The monoisotopic (exact) mass is 238 g/mol. The van der Waals surface area contributed by atoms with Crippen molar-refractivity contribution in [3.63, 3.8) is 0 Å². The molecule has 0 saturated carbocycles. The molecule has 0 aliphatic heterocycles. The number of carbonyl (C=O) groups is 1. The lowest BCUT2D eigenvalue weighted by Crippen LogP contribution is -2.29. The molecule has 0 aliphatic carbocycles. The second kappa shape index (κ2) is 6.39. The third-order valence-electron chi connectivity index (χ3n) is 3.18. The maximum Gasteiger partial charge on any atom is 0.233 e. The van der Waals surface area contributed by atoms with Crippen molar-refractivity contribution in [2.75, 3.05) is 0 Å². The van der Waals surface area contributed by atoms with Gasteiger partial charge in [-0.05, 0) is 39.2 Å². The molecule has 1 aromatic rings. The van der Waals surface area contributed by atoms with Gasteiger partial charge in [0.05, 0.1) is 5.69 Å². The van der Waals surface area contributed by atoms with Crippen molar-refractivity contribution in [1.29, 1.82) is 0 Å². The highest BCUT2D eigenvalue weighted by Crippen LogP contribution is 2.12. The van der Waals surface area contributed by atoms with Crippen LogP contribution in [0, 0.1) is 20.8 Å². The van der Waals surface area contributed by atoms with Gasteiger partial charge in [-0.1, -0.05) is 6.42 Å². The summed E-state index contributed by atoms with van der Waals surface area (Å²) in [5.41, 5.74) is 5.75. The van der Waals surface area contributed by atoms with Gasteiger partial charge in [0, 0.05) is 18.7 Å². The molecule has 0 bridgehead atoms. The fourth-order valence-corrected chi connectivity index (χ4v) is 1.80. The van der Waals surface area contributed by atoms with Gasteiger partial charge in [-0.25, -0.2) is 5.84 Å². The highest BCUT2D eigenvalue weighted by Gasteiger charge is 2.06. The number of hydrogen-bond donors (Lipinski definition) is 2. The van der Waals surface area contributed by atoms with E-state index in [1.165, 1.54) is 11.3 Å². The van der Waals surface area contributed by atoms with E-state index in [2.05, 4.69) is 24.4 Å². The summed E-state index contributed by atoms with van der Waals surface area (Å²) < 4.78 is 2.05. The Hall–Kier alpha value is -1.36. The van der Waals surface area contributed by atoms with Crippen LogP contribution in [0.5, 0.6) is 0 Å². The Morgan fingerprint density at radius 1 is 1.29 bits per heavy atom. The lowest BCUT2D eigenvalue weighted by atomic mass is 10.2. The molecule has 0 aliphatic rings. The molecule has 1 amide bonds. The lowest BCUT2D eigenvalue weighted by Gasteiger charge is -2.04. The van der Waals surface area contributed by atoms with E-state index in [0.717, 1.165) is 31.5 Å². The number of nitrogens with two attached hydrogens (primary N) is 1. The largest absolute Gasteiger partial charge is 0.294 e. The number of unbranched alkanes of at least 4 members (excludes halogenated alkanes) is 2. The van der Waals surface area contributed by atoms with Crippen molar-refractivity contribution in [1.82, 2.24) is 15.2 Å². The topological polar surface area (TPSA) is 72.9 Å². The van der Waals surface area contributed by atoms with Crippen LogP contribution < -0.4 is 11.3 Å². The predicted octanol–water partition coefficient (Wildman–Crippen LogP) is 1.36. The first-order chi connectivity index (χ1) is 8.06. The minimum absolute atomic E-state index is 0.0908. The van der Waals surface area contributed by atoms with Crippen molar-refractivity contribution in [3.05, 3.63) is 17.0 Å². The molecule has 0 aromatic carbocycles. The number of carbonyl (C=O) groups excluding carboxylic acids is 1. The molecular formula is C12H22N4O. The molecule has 0 atom stereocenters. The number of amides is 1. The van der Waals surface area contributed by atoms with Gasteiger partial charge in [0.1, 0.15) is 0 Å². The number of nitrogens with one attached hydrogen (secondary N) is 1. The minimum Gasteiger partial charge on any atom is -0.294 e. The Labute approximate surface area is 102 Å². The van der Waals surface area contributed by atoms with Gasteiger partial charge < -0.3 is 0 Å². The zero-order valence-corrected chi connectivity index (χ0v) is 10.9. The summed E-state index contributed by atoms with van der Waals surface area (Å²) in [5, 5.41) is 4.48. The number of hydrazine groups is 1. The molecule has 5 heteroatoms. The van der Waals surface area contributed by atoms with E-state index in [-0.39, 0.29) is 5.91 Å². The van der Waals surface area contributed by atoms with Crippen LogP contribution in [0.15, 0.2) is 0 Å². The van der Waals surface area contributed by atoms with Crippen molar-refractivity contribution in [2.24, 2.45) is 5.84 Å². The van der Waals surface area contributed by atoms with Crippen molar-refractivity contribution in [2.45, 2.75) is 53.0 Å². The van der Waals surface area contributed by atoms with Gasteiger partial charge in [0.2, 0.25) is 5.91 Å². The van der Waals surface area contributed by atoms with Crippen molar-refractivity contribution < 1.29 is 4.79 Å². The average molecular weight is 238 g/mol. The van der Waals surface area contributed by atoms with Gasteiger partial charge in [-0.2, -0.15) is 5.10 Å². The molecule has 1 heterocycles. The van der Waals surface area contributed by atoms with E-state index in [4.69, 9.17) is 5.84 Å². The zero-order valence-electron chi connectivity index (χ0n) is 10.9. The van der Waals surface area contributed by atoms with E-state index < -0.39 is 0 Å². The maximum absolute atomic E-state index is 10.9. The minimum atomic E-state index is -0.0908. The zero-order chi connectivity index (χ0) is 12.8. The van der Waals surface area contributed by atoms with Gasteiger partial charge in [-0.3, -0.25) is 14.9 Å². The first kappa shape index (κ1) is 13.7. The van der Waals surface area contributed by atoms with Crippen LogP contribution in [0.25, 0.3) is 0 Å². The second-order valence-corrected chi connectivity index (χ2v) is 4.40. The molecule has 0 radical (unpaired) electrons. The number of aromatic nitrogens is 2. The smallest absolute Gasteiger partial charge is 0.233 e. The van der Waals surface area contributed by atoms with Gasteiger partial charge in [0.25, 0.3) is 0 Å². The third kappa shape index (κ3) is 3.85. The van der Waals surface area contributed by atoms with Crippen LogP contribution >= 0.6 is 0 Å². The Kier molecular flexibility index (Phi) is 5.15. The Balaban J connectivity index is 2.27. The molecule has 96 valence electrons. The van der Waals surface area contributed by atoms with Crippen LogP contribution in [-0.2, 0) is 11.3 Å². The molecule has 1 aromatic heterocycles. The third-order valence-corrected chi connectivity index (χ3v) is 3.18. The fourth-order valence-electron chi connectivity index (χ4n) is 1.80. The Morgan fingerprint density at radius 2 is 2.00 bits per heavy atom. The molecule has 1 rings (SSSR count). The molecule has 0 spiro atoms. The number of hydrogen-bond acceptors (Lipinski definition) is 3. The summed E-state index contributed by atoms with van der Waals surface area (Å²) in [6, 6.07) is 0. The summed E-state index contributed by atoms with van der Waals surface area (Å²) in [6.07, 6.45) is 3.44. The van der Waals surface area contributed by atoms with Crippen LogP contribution in [0.4, 0.5) is 0 Å². The predicted molar refractivity (Wildman–Crippen MR) is 67.2 cm³/mol. The molecule has 0 saturated heterocycles. The lowest BCUT2D eigenvalue weighted by molar-refractivity contribution is -0.121. The summed E-state index contributed by atoms with van der Waals surface area (Å²) in [7, 11) is 0. The summed E-state index contributed by atoms with van der Waals surface area (Å²) in [4.78, 5) is 10.9. The fraction of sp³-hybridized carbons (Fsp3) is 0.667. The normalized spacial score (nSPS) is 10.6. The maximum atomic E-state index is 10.9. The first-order valence-corrected chi connectivity index (χ1v) is 6.06. The molecular weight excluding hydrogens is 216 g/mol. The molecule has 5 nitrogen and oxygen atoms in total. The SMILES string of the molecule is Cc1nn(CCCCCC(=O)NN)c(C)c1C. The van der Waals surface area contributed by atoms with E-state index in [1.54, 1.807) is 0 Å². The van der Waals surface area contributed by atoms with Gasteiger partial charge in [0.15, 0.2) is 0 Å². The summed E-state index contributed by atoms with van der Waals surface area (Å²) in [5.74, 6) is 4.91. The Bertz CT molecular complexity index is 384. The van der Waals surface area contributed by atoms with Crippen molar-refractivity contribution >= 4 is 5.91 Å². The molecule has 0 unspecified atom stereocenters. The van der Waals surface area contributed by atoms with Gasteiger partial charge >= 0.3 is 0 Å². The molecule has 17 heavy (non-hydrogen) atoms. The van der Waals surface area contributed by atoms with Crippen LogP contribution in [-0.4, -0.2) is 15.7 Å². The van der Waals surface area contributed by atoms with Crippen LogP contribution in [0.3, 0.4) is 0 Å². The van der Waals surface area contributed by atoms with E-state index in [0.29, 0.717) is 6.42 Å². The van der Waals surface area contributed by atoms with E-state index in [9.17, 15) is 4.79 Å². The second-order valence-electron chi connectivity index (χ2n) is 4.40.